The van der Waals surface area contributed by atoms with E-state index in [4.69, 9.17) is 0 Å². The van der Waals surface area contributed by atoms with E-state index in [2.05, 4.69) is 0 Å². The molecule has 0 aliphatic carbocycles. The highest BCUT2D eigenvalue weighted by molar-refractivity contribution is 7.91. The van der Waals surface area contributed by atoms with Gasteiger partial charge in [0.2, 0.25) is 5.91 Å². The second-order valence-electron chi connectivity index (χ2n) is 6.21. The molecule has 0 aromatic heterocycles. The summed E-state index contributed by atoms with van der Waals surface area (Å²) in [5.41, 5.74) is 1.09. The van der Waals surface area contributed by atoms with Crippen molar-refractivity contribution in [3.05, 3.63) is 71.5 Å². The third-order valence-electron chi connectivity index (χ3n) is 4.54. The molecule has 6 heteroatoms. The first-order valence-electron chi connectivity index (χ1n) is 8.25. The Morgan fingerprint density at radius 3 is 2.44 bits per heavy atom. The second kappa shape index (κ2) is 7.35. The molecule has 2 aromatic rings. The monoisotopic (exact) mass is 361 g/mol. The van der Waals surface area contributed by atoms with Crippen molar-refractivity contribution in [2.75, 3.05) is 18.8 Å². The summed E-state index contributed by atoms with van der Waals surface area (Å²) in [6.45, 7) is 0.461. The van der Waals surface area contributed by atoms with Gasteiger partial charge in [-0.05, 0) is 18.1 Å². The molecule has 1 fully saturated rings. The van der Waals surface area contributed by atoms with E-state index in [9.17, 15) is 17.6 Å². The van der Waals surface area contributed by atoms with Crippen LogP contribution in [0.2, 0.25) is 0 Å². The maximum absolute atomic E-state index is 14.0. The van der Waals surface area contributed by atoms with Gasteiger partial charge >= 0.3 is 0 Å². The van der Waals surface area contributed by atoms with Gasteiger partial charge in [-0.1, -0.05) is 48.5 Å². The first kappa shape index (κ1) is 17.6. The summed E-state index contributed by atoms with van der Waals surface area (Å²) >= 11 is 0. The third kappa shape index (κ3) is 4.07. The Morgan fingerprint density at radius 1 is 1.04 bits per heavy atom. The van der Waals surface area contributed by atoms with Crippen LogP contribution in [0.1, 0.15) is 22.8 Å². The van der Waals surface area contributed by atoms with Crippen molar-refractivity contribution in [1.29, 1.82) is 0 Å². The zero-order valence-corrected chi connectivity index (χ0v) is 14.6. The lowest BCUT2D eigenvalue weighted by atomic mass is 10.1. The van der Waals surface area contributed by atoms with Crippen molar-refractivity contribution in [1.82, 2.24) is 4.90 Å². The maximum atomic E-state index is 14.0. The van der Waals surface area contributed by atoms with Crippen LogP contribution < -0.4 is 0 Å². The van der Waals surface area contributed by atoms with Crippen LogP contribution in [0, 0.1) is 5.82 Å². The molecule has 1 atom stereocenters. The lowest BCUT2D eigenvalue weighted by Crippen LogP contribution is -2.34. The summed E-state index contributed by atoms with van der Waals surface area (Å²) in [5, 5.41) is -0.900. The van der Waals surface area contributed by atoms with Crippen molar-refractivity contribution >= 4 is 15.7 Å². The summed E-state index contributed by atoms with van der Waals surface area (Å²) in [6.07, 6.45) is 0.453. The van der Waals surface area contributed by atoms with Crippen LogP contribution >= 0.6 is 0 Å². The first-order chi connectivity index (χ1) is 12.0. The van der Waals surface area contributed by atoms with Gasteiger partial charge in [0.25, 0.3) is 0 Å². The fourth-order valence-electron chi connectivity index (χ4n) is 3.16. The molecule has 0 N–H and O–H groups in total. The fraction of sp³-hybridized carbons (Fsp3) is 0.316. The Kier molecular flexibility index (Phi) is 5.18. The zero-order valence-electron chi connectivity index (χ0n) is 13.8. The maximum Gasteiger partial charge on any atom is 0.227 e. The number of carbonyl (C=O) groups excluding carboxylic acids is 1. The van der Waals surface area contributed by atoms with Crippen LogP contribution in [0.15, 0.2) is 54.6 Å². The molecule has 1 amide bonds. The van der Waals surface area contributed by atoms with E-state index < -0.39 is 20.9 Å². The summed E-state index contributed by atoms with van der Waals surface area (Å²) < 4.78 is 39.2. The average Bonchev–Trinajstić information content (AvgIpc) is 2.75. The van der Waals surface area contributed by atoms with Crippen LogP contribution in [0.3, 0.4) is 0 Å². The van der Waals surface area contributed by atoms with Crippen molar-refractivity contribution in [3.63, 3.8) is 0 Å². The largest absolute Gasteiger partial charge is 0.341 e. The van der Waals surface area contributed by atoms with Crippen LogP contribution in [0.25, 0.3) is 0 Å². The predicted molar refractivity (Wildman–Crippen MR) is 94.3 cm³/mol. The van der Waals surface area contributed by atoms with Crippen LogP contribution in [0.4, 0.5) is 4.39 Å². The molecule has 1 aliphatic rings. The summed E-state index contributed by atoms with van der Waals surface area (Å²) in [4.78, 5) is 14.1. The number of amides is 1. The number of carbonyl (C=O) groups is 1. The molecule has 0 bridgehead atoms. The Balaban J connectivity index is 1.76. The summed E-state index contributed by atoms with van der Waals surface area (Å²) in [5.74, 6) is -0.761. The molecule has 1 unspecified atom stereocenters. The summed E-state index contributed by atoms with van der Waals surface area (Å²) in [6, 6.07) is 15.3. The highest BCUT2D eigenvalue weighted by Crippen LogP contribution is 2.31. The Morgan fingerprint density at radius 2 is 1.72 bits per heavy atom. The number of hydrogen-bond acceptors (Lipinski definition) is 3. The van der Waals surface area contributed by atoms with E-state index >= 15 is 0 Å². The highest BCUT2D eigenvalue weighted by atomic mass is 32.2. The molecular weight excluding hydrogens is 341 g/mol. The van der Waals surface area contributed by atoms with Gasteiger partial charge in [-0.2, -0.15) is 0 Å². The standard InChI is InChI=1S/C19H20FNO3S/c20-17-9-5-4-8-16(17)18-10-11-21(12-13-25(18,23)24)19(22)14-15-6-2-1-3-7-15/h1-9,18H,10-14H2. The quantitative estimate of drug-likeness (QED) is 0.845. The minimum Gasteiger partial charge on any atom is -0.341 e. The molecule has 0 spiro atoms. The van der Waals surface area contributed by atoms with Gasteiger partial charge in [0.05, 0.1) is 17.4 Å². The number of halogens is 1. The van der Waals surface area contributed by atoms with E-state index in [0.717, 1.165) is 5.56 Å². The second-order valence-corrected chi connectivity index (χ2v) is 8.51. The fourth-order valence-corrected chi connectivity index (χ4v) is 4.96. The van der Waals surface area contributed by atoms with Crippen molar-refractivity contribution in [2.45, 2.75) is 18.1 Å². The molecular formula is C19H20FNO3S. The first-order valence-corrected chi connectivity index (χ1v) is 9.96. The lowest BCUT2D eigenvalue weighted by molar-refractivity contribution is -0.130. The molecule has 0 radical (unpaired) electrons. The number of nitrogens with zero attached hydrogens (tertiary/aromatic N) is 1. The van der Waals surface area contributed by atoms with E-state index in [1.165, 1.54) is 18.2 Å². The van der Waals surface area contributed by atoms with Gasteiger partial charge in [0.1, 0.15) is 5.82 Å². The van der Waals surface area contributed by atoms with E-state index in [0.29, 0.717) is 6.54 Å². The third-order valence-corrected chi connectivity index (χ3v) is 6.65. The van der Waals surface area contributed by atoms with Crippen molar-refractivity contribution in [2.24, 2.45) is 0 Å². The SMILES string of the molecule is O=C(Cc1ccccc1)N1CCC(c2ccccc2F)S(=O)(=O)CC1. The highest BCUT2D eigenvalue weighted by Gasteiger charge is 2.33. The van der Waals surface area contributed by atoms with Crippen LogP contribution in [-0.2, 0) is 21.1 Å². The van der Waals surface area contributed by atoms with Crippen molar-refractivity contribution in [3.8, 4) is 0 Å². The Labute approximate surface area is 147 Å². The number of benzene rings is 2. The van der Waals surface area contributed by atoms with Gasteiger partial charge in [-0.3, -0.25) is 4.79 Å². The summed E-state index contributed by atoms with van der Waals surface area (Å²) in [7, 11) is -3.51. The molecule has 3 rings (SSSR count). The zero-order chi connectivity index (χ0) is 17.9. The number of rotatable bonds is 3. The van der Waals surface area contributed by atoms with Gasteiger partial charge < -0.3 is 4.90 Å². The molecule has 25 heavy (non-hydrogen) atoms. The minimum absolute atomic E-state index is 0.101. The normalized spacial score (nSPS) is 20.0. The topological polar surface area (TPSA) is 54.5 Å². The molecule has 1 saturated heterocycles. The number of sulfone groups is 1. The smallest absolute Gasteiger partial charge is 0.227 e. The Hall–Kier alpha value is -2.21. The van der Waals surface area contributed by atoms with Gasteiger partial charge in [-0.15, -0.1) is 0 Å². The lowest BCUT2D eigenvalue weighted by Gasteiger charge is -2.20. The average molecular weight is 361 g/mol. The van der Waals surface area contributed by atoms with E-state index in [1.54, 1.807) is 11.0 Å². The molecule has 2 aromatic carbocycles. The van der Waals surface area contributed by atoms with Crippen LogP contribution in [0.5, 0.6) is 0 Å². The van der Waals surface area contributed by atoms with Crippen molar-refractivity contribution < 1.29 is 17.6 Å². The molecule has 1 aliphatic heterocycles. The number of hydrogen-bond donors (Lipinski definition) is 0. The minimum atomic E-state index is -3.51. The molecule has 132 valence electrons. The predicted octanol–water partition coefficient (Wildman–Crippen LogP) is 2.76. The van der Waals surface area contributed by atoms with Gasteiger partial charge in [0.15, 0.2) is 9.84 Å². The Bertz CT molecular complexity index is 852. The van der Waals surface area contributed by atoms with E-state index in [-0.39, 0.29) is 36.6 Å². The van der Waals surface area contributed by atoms with E-state index in [1.807, 2.05) is 30.3 Å². The van der Waals surface area contributed by atoms with Crippen LogP contribution in [-0.4, -0.2) is 38.1 Å². The van der Waals surface area contributed by atoms with Gasteiger partial charge in [0, 0.05) is 18.7 Å². The molecule has 4 nitrogen and oxygen atoms in total. The molecule has 0 saturated carbocycles. The van der Waals surface area contributed by atoms with Gasteiger partial charge in [-0.25, -0.2) is 12.8 Å². The molecule has 1 heterocycles.